The number of aliphatic hydroxyl groups is 1. The van der Waals surface area contributed by atoms with Crippen LogP contribution < -0.4 is 10.1 Å². The highest BCUT2D eigenvalue weighted by atomic mass is 19.1. The van der Waals surface area contributed by atoms with Gasteiger partial charge in [0, 0.05) is 18.2 Å². The van der Waals surface area contributed by atoms with Gasteiger partial charge in [0.2, 0.25) is 0 Å². The number of hydrogen-bond acceptors (Lipinski definition) is 3. The summed E-state index contributed by atoms with van der Waals surface area (Å²) >= 11 is 0. The van der Waals surface area contributed by atoms with Crippen molar-refractivity contribution in [2.24, 2.45) is 0 Å². The minimum Gasteiger partial charge on any atom is -0.493 e. The van der Waals surface area contributed by atoms with E-state index in [4.69, 9.17) is 9.84 Å². The third-order valence-corrected chi connectivity index (χ3v) is 2.95. The molecule has 0 saturated heterocycles. The zero-order valence-electron chi connectivity index (χ0n) is 11.8. The molecule has 1 atom stereocenters. The standard InChI is InChI=1S/C15H24FNO2/c1-3-8-17-12(2)14-11-13(16)6-7-15(14)19-10-5-4-9-18/h6-7,11-12,17-18H,3-5,8-10H2,1-2H3. The average molecular weight is 269 g/mol. The van der Waals surface area contributed by atoms with Crippen LogP contribution in [0.25, 0.3) is 0 Å². The fourth-order valence-electron chi connectivity index (χ4n) is 1.86. The quantitative estimate of drug-likeness (QED) is 0.677. The summed E-state index contributed by atoms with van der Waals surface area (Å²) in [6.45, 7) is 5.71. The fraction of sp³-hybridized carbons (Fsp3) is 0.600. The topological polar surface area (TPSA) is 41.5 Å². The molecule has 1 unspecified atom stereocenters. The lowest BCUT2D eigenvalue weighted by atomic mass is 10.1. The molecular formula is C15H24FNO2. The second kappa shape index (κ2) is 8.88. The first-order chi connectivity index (χ1) is 9.19. The summed E-state index contributed by atoms with van der Waals surface area (Å²) in [4.78, 5) is 0. The van der Waals surface area contributed by atoms with Crippen LogP contribution >= 0.6 is 0 Å². The van der Waals surface area contributed by atoms with Crippen LogP contribution in [0.15, 0.2) is 18.2 Å². The van der Waals surface area contributed by atoms with E-state index in [9.17, 15) is 4.39 Å². The van der Waals surface area contributed by atoms with Gasteiger partial charge in [-0.1, -0.05) is 6.92 Å². The molecule has 0 aliphatic rings. The molecule has 2 N–H and O–H groups in total. The molecule has 0 amide bonds. The van der Waals surface area contributed by atoms with Crippen LogP contribution in [0.4, 0.5) is 4.39 Å². The van der Waals surface area contributed by atoms with E-state index in [2.05, 4.69) is 12.2 Å². The molecule has 1 aromatic carbocycles. The van der Waals surface area contributed by atoms with Crippen LogP contribution in [-0.2, 0) is 0 Å². The lowest BCUT2D eigenvalue weighted by Crippen LogP contribution is -2.20. The summed E-state index contributed by atoms with van der Waals surface area (Å²) in [7, 11) is 0. The van der Waals surface area contributed by atoms with Crippen molar-refractivity contribution in [3.63, 3.8) is 0 Å². The summed E-state index contributed by atoms with van der Waals surface area (Å²) in [5, 5.41) is 12.1. The lowest BCUT2D eigenvalue weighted by Gasteiger charge is -2.18. The average Bonchev–Trinajstić information content (AvgIpc) is 2.42. The number of aliphatic hydroxyl groups excluding tert-OH is 1. The van der Waals surface area contributed by atoms with Crippen molar-refractivity contribution >= 4 is 0 Å². The summed E-state index contributed by atoms with van der Waals surface area (Å²) in [6.07, 6.45) is 2.55. The van der Waals surface area contributed by atoms with Crippen molar-refractivity contribution in [1.29, 1.82) is 0 Å². The smallest absolute Gasteiger partial charge is 0.124 e. The van der Waals surface area contributed by atoms with E-state index in [1.54, 1.807) is 6.07 Å². The Morgan fingerprint density at radius 3 is 2.84 bits per heavy atom. The molecule has 0 spiro atoms. The van der Waals surface area contributed by atoms with E-state index in [0.29, 0.717) is 6.61 Å². The molecule has 1 rings (SSSR count). The third-order valence-electron chi connectivity index (χ3n) is 2.95. The molecule has 19 heavy (non-hydrogen) atoms. The molecule has 0 aliphatic heterocycles. The maximum Gasteiger partial charge on any atom is 0.124 e. The van der Waals surface area contributed by atoms with Crippen molar-refractivity contribution in [3.8, 4) is 5.75 Å². The second-order valence-corrected chi connectivity index (χ2v) is 4.64. The minimum absolute atomic E-state index is 0.0588. The first-order valence-corrected chi connectivity index (χ1v) is 6.95. The largest absolute Gasteiger partial charge is 0.493 e. The van der Waals surface area contributed by atoms with Gasteiger partial charge in [-0.25, -0.2) is 4.39 Å². The Morgan fingerprint density at radius 1 is 1.37 bits per heavy atom. The highest BCUT2D eigenvalue weighted by molar-refractivity contribution is 5.36. The Bertz CT molecular complexity index is 371. The van der Waals surface area contributed by atoms with Gasteiger partial charge in [0.05, 0.1) is 6.61 Å². The van der Waals surface area contributed by atoms with Gasteiger partial charge in [-0.05, 0) is 50.9 Å². The van der Waals surface area contributed by atoms with Gasteiger partial charge < -0.3 is 15.2 Å². The van der Waals surface area contributed by atoms with Gasteiger partial charge in [0.1, 0.15) is 11.6 Å². The van der Waals surface area contributed by atoms with Crippen molar-refractivity contribution in [3.05, 3.63) is 29.6 Å². The van der Waals surface area contributed by atoms with E-state index < -0.39 is 0 Å². The zero-order valence-corrected chi connectivity index (χ0v) is 11.8. The summed E-state index contributed by atoms with van der Waals surface area (Å²) < 4.78 is 19.0. The van der Waals surface area contributed by atoms with E-state index in [-0.39, 0.29) is 18.5 Å². The SMILES string of the molecule is CCCNC(C)c1cc(F)ccc1OCCCCO. The molecule has 0 saturated carbocycles. The Hall–Kier alpha value is -1.13. The van der Waals surface area contributed by atoms with Crippen LogP contribution in [0.1, 0.15) is 44.7 Å². The molecule has 4 heteroatoms. The fourth-order valence-corrected chi connectivity index (χ4v) is 1.86. The lowest BCUT2D eigenvalue weighted by molar-refractivity contribution is 0.251. The number of hydrogen-bond donors (Lipinski definition) is 2. The predicted octanol–water partition coefficient (Wildman–Crippen LogP) is 3.04. The predicted molar refractivity (Wildman–Crippen MR) is 74.9 cm³/mol. The Morgan fingerprint density at radius 2 is 2.16 bits per heavy atom. The van der Waals surface area contributed by atoms with Gasteiger partial charge in [-0.15, -0.1) is 0 Å². The maximum absolute atomic E-state index is 13.4. The van der Waals surface area contributed by atoms with E-state index in [0.717, 1.165) is 37.1 Å². The van der Waals surface area contributed by atoms with Crippen LogP contribution in [0, 0.1) is 5.82 Å². The van der Waals surface area contributed by atoms with Gasteiger partial charge in [-0.3, -0.25) is 0 Å². The van der Waals surface area contributed by atoms with E-state index in [1.807, 2.05) is 6.92 Å². The molecule has 0 radical (unpaired) electrons. The normalized spacial score (nSPS) is 12.4. The monoisotopic (exact) mass is 269 g/mol. The second-order valence-electron chi connectivity index (χ2n) is 4.64. The van der Waals surface area contributed by atoms with Crippen LogP contribution in [0.2, 0.25) is 0 Å². The molecule has 0 fully saturated rings. The molecule has 3 nitrogen and oxygen atoms in total. The van der Waals surface area contributed by atoms with Crippen molar-refractivity contribution in [2.75, 3.05) is 19.8 Å². The first-order valence-electron chi connectivity index (χ1n) is 6.95. The van der Waals surface area contributed by atoms with Gasteiger partial charge >= 0.3 is 0 Å². The molecular weight excluding hydrogens is 245 g/mol. The number of halogens is 1. The van der Waals surface area contributed by atoms with E-state index in [1.165, 1.54) is 12.1 Å². The number of ether oxygens (including phenoxy) is 1. The third kappa shape index (κ3) is 5.57. The Balaban J connectivity index is 2.67. The van der Waals surface area contributed by atoms with Crippen molar-refractivity contribution < 1.29 is 14.2 Å². The Labute approximate surface area is 114 Å². The van der Waals surface area contributed by atoms with Crippen LogP contribution in [0.3, 0.4) is 0 Å². The first kappa shape index (κ1) is 15.9. The minimum atomic E-state index is -0.247. The Kier molecular flexibility index (Phi) is 7.45. The molecule has 0 heterocycles. The molecule has 108 valence electrons. The van der Waals surface area contributed by atoms with Crippen molar-refractivity contribution in [1.82, 2.24) is 5.32 Å². The molecule has 0 bridgehead atoms. The van der Waals surface area contributed by atoms with Gasteiger partial charge in [0.15, 0.2) is 0 Å². The van der Waals surface area contributed by atoms with Gasteiger partial charge in [-0.2, -0.15) is 0 Å². The van der Waals surface area contributed by atoms with Crippen LogP contribution in [-0.4, -0.2) is 24.9 Å². The molecule has 1 aromatic rings. The number of benzene rings is 1. The number of nitrogens with one attached hydrogen (secondary N) is 1. The van der Waals surface area contributed by atoms with Crippen LogP contribution in [0.5, 0.6) is 5.75 Å². The van der Waals surface area contributed by atoms with Crippen molar-refractivity contribution in [2.45, 2.75) is 39.2 Å². The summed E-state index contributed by atoms with van der Waals surface area (Å²) in [5.41, 5.74) is 0.845. The summed E-state index contributed by atoms with van der Waals surface area (Å²) in [5.74, 6) is 0.471. The number of rotatable bonds is 9. The highest BCUT2D eigenvalue weighted by Gasteiger charge is 2.12. The zero-order chi connectivity index (χ0) is 14.1. The number of unbranched alkanes of at least 4 members (excludes halogenated alkanes) is 1. The van der Waals surface area contributed by atoms with Gasteiger partial charge in [0.25, 0.3) is 0 Å². The maximum atomic E-state index is 13.4. The molecule has 0 aliphatic carbocycles. The van der Waals surface area contributed by atoms with E-state index >= 15 is 0 Å². The summed E-state index contributed by atoms with van der Waals surface area (Å²) in [6, 6.07) is 4.67. The molecule has 0 aromatic heterocycles. The highest BCUT2D eigenvalue weighted by Crippen LogP contribution is 2.26.